The summed E-state index contributed by atoms with van der Waals surface area (Å²) in [5.41, 5.74) is 0.170. The zero-order valence-electron chi connectivity index (χ0n) is 11.6. The minimum atomic E-state index is -0.658. The maximum absolute atomic E-state index is 11.1. The highest BCUT2D eigenvalue weighted by molar-refractivity contribution is 7.12. The molecule has 1 saturated heterocycles. The summed E-state index contributed by atoms with van der Waals surface area (Å²) < 4.78 is 0. The third-order valence-electron chi connectivity index (χ3n) is 3.46. The number of carboxylic acid groups (broad SMARTS) is 1. The third-order valence-corrected chi connectivity index (χ3v) is 5.09. The Bertz CT molecular complexity index is 439. The molecule has 0 radical (unpaired) electrons. The Morgan fingerprint density at radius 2 is 2.11 bits per heavy atom. The lowest BCUT2D eigenvalue weighted by Crippen LogP contribution is -2.34. The van der Waals surface area contributed by atoms with E-state index in [0.29, 0.717) is 6.42 Å². The Morgan fingerprint density at radius 1 is 1.42 bits per heavy atom. The number of hydrogen-bond acceptors (Lipinski definition) is 3. The van der Waals surface area contributed by atoms with Gasteiger partial charge in [-0.1, -0.05) is 20.8 Å². The van der Waals surface area contributed by atoms with Gasteiger partial charge >= 0.3 is 5.97 Å². The third kappa shape index (κ3) is 3.94. The molecule has 0 amide bonds. The van der Waals surface area contributed by atoms with Crippen LogP contribution in [-0.4, -0.2) is 17.6 Å². The molecule has 1 aliphatic rings. The lowest BCUT2D eigenvalue weighted by Gasteiger charge is -2.27. The van der Waals surface area contributed by atoms with Gasteiger partial charge in [-0.2, -0.15) is 0 Å². The molecular weight excluding hydrogens is 282 g/mol. The van der Waals surface area contributed by atoms with Crippen LogP contribution in [0.3, 0.4) is 0 Å². The van der Waals surface area contributed by atoms with Crippen molar-refractivity contribution in [2.75, 3.05) is 6.54 Å². The van der Waals surface area contributed by atoms with Crippen LogP contribution < -0.4 is 5.32 Å². The maximum Gasteiger partial charge on any atom is 0.306 e. The highest BCUT2D eigenvalue weighted by atomic mass is 35.5. The number of piperidine rings is 1. The van der Waals surface area contributed by atoms with E-state index >= 15 is 0 Å². The summed E-state index contributed by atoms with van der Waals surface area (Å²) in [6.07, 6.45) is 1.45. The van der Waals surface area contributed by atoms with Crippen LogP contribution in [0, 0.1) is 5.92 Å². The Kier molecular flexibility index (Phi) is 5.42. The van der Waals surface area contributed by atoms with E-state index in [1.54, 1.807) is 11.3 Å². The Hall–Kier alpha value is -0.580. The number of thiophene rings is 1. The lowest BCUT2D eigenvalue weighted by atomic mass is 9.91. The molecule has 2 atom stereocenters. The molecular formula is C14H22ClNO2S. The summed E-state index contributed by atoms with van der Waals surface area (Å²) >= 11 is 1.80. The summed E-state index contributed by atoms with van der Waals surface area (Å²) in [5.74, 6) is -0.856. The normalized spacial score (nSPS) is 23.7. The van der Waals surface area contributed by atoms with E-state index in [0.717, 1.165) is 13.0 Å². The van der Waals surface area contributed by atoms with Gasteiger partial charge in [0.15, 0.2) is 0 Å². The maximum atomic E-state index is 11.1. The van der Waals surface area contributed by atoms with Crippen LogP contribution in [0.5, 0.6) is 0 Å². The van der Waals surface area contributed by atoms with Crippen LogP contribution in [0.2, 0.25) is 0 Å². The molecule has 0 saturated carbocycles. The topological polar surface area (TPSA) is 49.3 Å². The summed E-state index contributed by atoms with van der Waals surface area (Å²) in [5, 5.41) is 12.5. The highest BCUT2D eigenvalue weighted by Gasteiger charge is 2.29. The fraction of sp³-hybridized carbons (Fsp3) is 0.643. The zero-order chi connectivity index (χ0) is 13.3. The Labute approximate surface area is 124 Å². The largest absolute Gasteiger partial charge is 0.481 e. The number of carbonyl (C=O) groups is 1. The first-order valence-corrected chi connectivity index (χ1v) is 7.26. The van der Waals surface area contributed by atoms with Gasteiger partial charge in [0.25, 0.3) is 0 Å². The molecule has 19 heavy (non-hydrogen) atoms. The van der Waals surface area contributed by atoms with Crippen molar-refractivity contribution in [3.05, 3.63) is 21.9 Å². The van der Waals surface area contributed by atoms with Crippen LogP contribution in [0.4, 0.5) is 0 Å². The van der Waals surface area contributed by atoms with Gasteiger partial charge < -0.3 is 10.4 Å². The summed E-state index contributed by atoms with van der Waals surface area (Å²) in [6, 6.07) is 4.53. The number of nitrogens with one attached hydrogen (secondary N) is 1. The molecule has 1 aliphatic heterocycles. The summed E-state index contributed by atoms with van der Waals surface area (Å²) in [6.45, 7) is 7.41. The van der Waals surface area contributed by atoms with Crippen LogP contribution in [0.15, 0.2) is 12.1 Å². The second kappa shape index (κ2) is 6.25. The van der Waals surface area contributed by atoms with Gasteiger partial charge in [0.05, 0.1) is 5.92 Å². The number of rotatable bonds is 2. The molecule has 0 aromatic carbocycles. The molecule has 3 nitrogen and oxygen atoms in total. The van der Waals surface area contributed by atoms with Crippen molar-refractivity contribution in [3.8, 4) is 0 Å². The smallest absolute Gasteiger partial charge is 0.306 e. The van der Waals surface area contributed by atoms with E-state index in [1.807, 2.05) is 0 Å². The fourth-order valence-corrected chi connectivity index (χ4v) is 3.46. The minimum Gasteiger partial charge on any atom is -0.481 e. The molecule has 108 valence electrons. The molecule has 0 spiro atoms. The first kappa shape index (κ1) is 16.5. The highest BCUT2D eigenvalue weighted by Crippen LogP contribution is 2.36. The molecule has 1 fully saturated rings. The van der Waals surface area contributed by atoms with Gasteiger partial charge in [0.1, 0.15) is 0 Å². The van der Waals surface area contributed by atoms with Gasteiger partial charge in [-0.3, -0.25) is 4.79 Å². The van der Waals surface area contributed by atoms with E-state index in [2.05, 4.69) is 38.2 Å². The van der Waals surface area contributed by atoms with Crippen molar-refractivity contribution in [2.45, 2.75) is 45.1 Å². The van der Waals surface area contributed by atoms with Crippen LogP contribution in [0.1, 0.15) is 49.4 Å². The second-order valence-electron chi connectivity index (χ2n) is 6.02. The summed E-state index contributed by atoms with van der Waals surface area (Å²) in [7, 11) is 0. The Morgan fingerprint density at radius 3 is 2.63 bits per heavy atom. The predicted octanol–water partition coefficient (Wildman–Crippen LogP) is 3.59. The van der Waals surface area contributed by atoms with Crippen molar-refractivity contribution in [3.63, 3.8) is 0 Å². The predicted molar refractivity (Wildman–Crippen MR) is 81.4 cm³/mol. The molecule has 0 aliphatic carbocycles. The van der Waals surface area contributed by atoms with Crippen LogP contribution in [0.25, 0.3) is 0 Å². The minimum absolute atomic E-state index is 0. The molecule has 1 aromatic rings. The van der Waals surface area contributed by atoms with Gasteiger partial charge in [-0.15, -0.1) is 23.7 Å². The van der Waals surface area contributed by atoms with Crippen molar-refractivity contribution >= 4 is 29.7 Å². The standard InChI is InChI=1S/C14H21NO2S.ClH/c1-14(2,3)12-5-4-11(18-12)10-8-9(13(16)17)6-7-15-10;/h4-5,9-10,15H,6-8H2,1-3H3,(H,16,17);1H. The molecule has 2 unspecified atom stereocenters. The van der Waals surface area contributed by atoms with Crippen molar-refractivity contribution in [1.82, 2.24) is 5.32 Å². The van der Waals surface area contributed by atoms with Crippen molar-refractivity contribution in [2.24, 2.45) is 5.92 Å². The Balaban J connectivity index is 0.00000180. The van der Waals surface area contributed by atoms with Gasteiger partial charge in [0.2, 0.25) is 0 Å². The fourth-order valence-electron chi connectivity index (χ4n) is 2.30. The molecule has 2 rings (SSSR count). The molecule has 5 heteroatoms. The van der Waals surface area contributed by atoms with Gasteiger partial charge in [0, 0.05) is 15.8 Å². The van der Waals surface area contributed by atoms with Gasteiger partial charge in [-0.05, 0) is 36.9 Å². The van der Waals surface area contributed by atoms with Gasteiger partial charge in [-0.25, -0.2) is 0 Å². The van der Waals surface area contributed by atoms with E-state index in [-0.39, 0.29) is 29.8 Å². The number of aliphatic carboxylic acids is 1. The first-order valence-electron chi connectivity index (χ1n) is 6.44. The quantitative estimate of drug-likeness (QED) is 0.878. The number of hydrogen-bond donors (Lipinski definition) is 2. The van der Waals surface area contributed by atoms with E-state index in [4.69, 9.17) is 5.11 Å². The molecule has 2 N–H and O–H groups in total. The average molecular weight is 304 g/mol. The van der Waals surface area contributed by atoms with Crippen molar-refractivity contribution < 1.29 is 9.90 Å². The van der Waals surface area contributed by atoms with Crippen LogP contribution in [-0.2, 0) is 10.2 Å². The monoisotopic (exact) mass is 303 g/mol. The van der Waals surface area contributed by atoms with Crippen molar-refractivity contribution in [1.29, 1.82) is 0 Å². The molecule has 2 heterocycles. The van der Waals surface area contributed by atoms with E-state index in [1.165, 1.54) is 9.75 Å². The zero-order valence-corrected chi connectivity index (χ0v) is 13.2. The average Bonchev–Trinajstić information content (AvgIpc) is 2.78. The number of carboxylic acids is 1. The molecule has 0 bridgehead atoms. The van der Waals surface area contributed by atoms with E-state index in [9.17, 15) is 4.79 Å². The molecule has 1 aromatic heterocycles. The lowest BCUT2D eigenvalue weighted by molar-refractivity contribution is -0.142. The van der Waals surface area contributed by atoms with Crippen LogP contribution >= 0.6 is 23.7 Å². The first-order chi connectivity index (χ1) is 8.38. The second-order valence-corrected chi connectivity index (χ2v) is 7.13. The summed E-state index contributed by atoms with van der Waals surface area (Å²) in [4.78, 5) is 13.7. The van der Waals surface area contributed by atoms with E-state index < -0.39 is 5.97 Å². The number of halogens is 1. The SMILES string of the molecule is CC(C)(C)c1ccc(C2CC(C(=O)O)CCN2)s1.Cl.